The van der Waals surface area contributed by atoms with E-state index >= 15 is 0 Å². The molecule has 0 spiro atoms. The first-order chi connectivity index (χ1) is 13.4. The Morgan fingerprint density at radius 2 is 1.86 bits per heavy atom. The van der Waals surface area contributed by atoms with Gasteiger partial charge in [-0.3, -0.25) is 4.79 Å². The topological polar surface area (TPSA) is 66.8 Å². The highest BCUT2D eigenvalue weighted by molar-refractivity contribution is 5.83. The van der Waals surface area contributed by atoms with E-state index in [1.165, 1.54) is 12.1 Å². The molecule has 6 heteroatoms. The monoisotopic (exact) mass is 385 g/mol. The number of hydrogen-bond donors (Lipinski definition) is 1. The number of nitrogens with zero attached hydrogens (tertiary/aromatic N) is 1. The average Bonchev–Trinajstić information content (AvgIpc) is 2.63. The molecule has 0 aliphatic heterocycles. The quantitative estimate of drug-likeness (QED) is 0.753. The van der Waals surface area contributed by atoms with Gasteiger partial charge >= 0.3 is 5.97 Å². The maximum Gasteiger partial charge on any atom is 0.341 e. The minimum atomic E-state index is -1.03. The summed E-state index contributed by atoms with van der Waals surface area (Å²) in [5.74, 6) is -0.757. The zero-order valence-electron chi connectivity index (χ0n) is 15.9. The molecule has 1 fully saturated rings. The van der Waals surface area contributed by atoms with E-state index in [4.69, 9.17) is 9.84 Å². The summed E-state index contributed by atoms with van der Waals surface area (Å²) in [6, 6.07) is 13.5. The fourth-order valence-corrected chi connectivity index (χ4v) is 3.69. The smallest absolute Gasteiger partial charge is 0.341 e. The summed E-state index contributed by atoms with van der Waals surface area (Å²) in [5.41, 5.74) is 1.33. The molecule has 1 aliphatic carbocycles. The number of aliphatic carboxylic acids is 1. The van der Waals surface area contributed by atoms with Crippen LogP contribution in [0.15, 0.2) is 48.5 Å². The number of amides is 1. The normalized spacial score (nSPS) is 14.8. The largest absolute Gasteiger partial charge is 0.482 e. The molecule has 0 bridgehead atoms. The van der Waals surface area contributed by atoms with E-state index in [2.05, 4.69) is 0 Å². The second kappa shape index (κ2) is 8.42. The molecule has 1 N–H and O–H groups in total. The SMILES string of the molecule is CN(Cc1ccc(OCC(=O)O)cc1)C(=O)C1(Cc2cccc(F)c2)CCC1. The van der Waals surface area contributed by atoms with Crippen molar-refractivity contribution in [2.24, 2.45) is 5.41 Å². The summed E-state index contributed by atoms with van der Waals surface area (Å²) >= 11 is 0. The van der Waals surface area contributed by atoms with E-state index in [-0.39, 0.29) is 18.3 Å². The van der Waals surface area contributed by atoms with Gasteiger partial charge in [0.05, 0.1) is 5.41 Å². The van der Waals surface area contributed by atoms with Gasteiger partial charge in [-0.25, -0.2) is 9.18 Å². The van der Waals surface area contributed by atoms with Crippen LogP contribution < -0.4 is 4.74 Å². The Morgan fingerprint density at radius 1 is 1.14 bits per heavy atom. The Balaban J connectivity index is 1.63. The summed E-state index contributed by atoms with van der Waals surface area (Å²) in [5, 5.41) is 8.65. The van der Waals surface area contributed by atoms with Crippen LogP contribution in [0.2, 0.25) is 0 Å². The van der Waals surface area contributed by atoms with Crippen LogP contribution in [0.25, 0.3) is 0 Å². The van der Waals surface area contributed by atoms with Crippen LogP contribution in [0.4, 0.5) is 4.39 Å². The summed E-state index contributed by atoms with van der Waals surface area (Å²) in [4.78, 5) is 25.4. The molecule has 0 atom stereocenters. The third kappa shape index (κ3) is 4.68. The second-order valence-corrected chi connectivity index (χ2v) is 7.43. The Morgan fingerprint density at radius 3 is 2.43 bits per heavy atom. The fraction of sp³-hybridized carbons (Fsp3) is 0.364. The summed E-state index contributed by atoms with van der Waals surface area (Å²) in [7, 11) is 1.78. The molecule has 0 unspecified atom stereocenters. The van der Waals surface area contributed by atoms with Gasteiger partial charge in [-0.15, -0.1) is 0 Å². The molecule has 3 rings (SSSR count). The molecule has 2 aromatic carbocycles. The lowest BCUT2D eigenvalue weighted by Gasteiger charge is -2.43. The van der Waals surface area contributed by atoms with Crippen molar-refractivity contribution in [3.63, 3.8) is 0 Å². The van der Waals surface area contributed by atoms with Crippen molar-refractivity contribution in [2.75, 3.05) is 13.7 Å². The van der Waals surface area contributed by atoms with Crippen molar-refractivity contribution in [1.82, 2.24) is 4.90 Å². The molecular formula is C22H24FNO4. The van der Waals surface area contributed by atoms with Gasteiger partial charge in [0.1, 0.15) is 11.6 Å². The molecule has 1 saturated carbocycles. The van der Waals surface area contributed by atoms with Crippen LogP contribution in [-0.4, -0.2) is 35.5 Å². The first kappa shape index (κ1) is 19.9. The number of carboxylic acids is 1. The molecule has 0 saturated heterocycles. The predicted octanol–water partition coefficient (Wildman–Crippen LogP) is 3.66. The molecule has 1 amide bonds. The summed E-state index contributed by atoms with van der Waals surface area (Å²) < 4.78 is 18.6. The lowest BCUT2D eigenvalue weighted by molar-refractivity contribution is -0.146. The van der Waals surface area contributed by atoms with E-state index in [0.29, 0.717) is 18.7 Å². The average molecular weight is 385 g/mol. The Hall–Kier alpha value is -2.89. The molecule has 0 heterocycles. The van der Waals surface area contributed by atoms with Gasteiger partial charge in [-0.05, 0) is 54.7 Å². The number of ether oxygens (including phenoxy) is 1. The van der Waals surface area contributed by atoms with Crippen LogP contribution in [0, 0.1) is 11.2 Å². The summed E-state index contributed by atoms with van der Waals surface area (Å²) in [6.45, 7) is 0.0588. The number of benzene rings is 2. The first-order valence-corrected chi connectivity index (χ1v) is 9.31. The lowest BCUT2D eigenvalue weighted by Crippen LogP contribution is -2.47. The van der Waals surface area contributed by atoms with Gasteiger partial charge < -0.3 is 14.7 Å². The van der Waals surface area contributed by atoms with Gasteiger partial charge in [0.25, 0.3) is 0 Å². The molecule has 5 nitrogen and oxygen atoms in total. The van der Waals surface area contributed by atoms with Gasteiger partial charge in [0, 0.05) is 13.6 Å². The number of carboxylic acid groups (broad SMARTS) is 1. The van der Waals surface area contributed by atoms with Gasteiger partial charge in [-0.1, -0.05) is 30.7 Å². The molecular weight excluding hydrogens is 361 g/mol. The minimum Gasteiger partial charge on any atom is -0.482 e. The van der Waals surface area contributed by atoms with Crippen molar-refractivity contribution < 1.29 is 23.8 Å². The number of carbonyl (C=O) groups excluding carboxylic acids is 1. The van der Waals surface area contributed by atoms with Gasteiger partial charge in [-0.2, -0.15) is 0 Å². The van der Waals surface area contributed by atoms with E-state index < -0.39 is 11.4 Å². The minimum absolute atomic E-state index is 0.0780. The summed E-state index contributed by atoms with van der Waals surface area (Å²) in [6.07, 6.45) is 3.18. The predicted molar refractivity (Wildman–Crippen MR) is 102 cm³/mol. The van der Waals surface area contributed by atoms with Crippen molar-refractivity contribution in [3.05, 3.63) is 65.5 Å². The molecule has 1 aliphatic rings. The van der Waals surface area contributed by atoms with Crippen LogP contribution in [-0.2, 0) is 22.6 Å². The molecule has 2 aromatic rings. The molecule has 0 aromatic heterocycles. The van der Waals surface area contributed by atoms with Gasteiger partial charge in [0.2, 0.25) is 5.91 Å². The maximum absolute atomic E-state index is 13.5. The van der Waals surface area contributed by atoms with Crippen molar-refractivity contribution in [3.8, 4) is 5.75 Å². The van der Waals surface area contributed by atoms with Crippen LogP contribution in [0.3, 0.4) is 0 Å². The second-order valence-electron chi connectivity index (χ2n) is 7.43. The van der Waals surface area contributed by atoms with Crippen molar-refractivity contribution in [1.29, 1.82) is 0 Å². The Kier molecular flexibility index (Phi) is 5.97. The maximum atomic E-state index is 13.5. The van der Waals surface area contributed by atoms with E-state index in [1.807, 2.05) is 18.2 Å². The highest BCUT2D eigenvalue weighted by Crippen LogP contribution is 2.45. The first-order valence-electron chi connectivity index (χ1n) is 9.31. The zero-order chi connectivity index (χ0) is 20.1. The lowest BCUT2D eigenvalue weighted by atomic mass is 9.64. The van der Waals surface area contributed by atoms with E-state index in [1.54, 1.807) is 30.1 Å². The number of carbonyl (C=O) groups is 2. The Bertz CT molecular complexity index is 846. The molecule has 148 valence electrons. The molecule has 0 radical (unpaired) electrons. The van der Waals surface area contributed by atoms with Crippen LogP contribution >= 0.6 is 0 Å². The van der Waals surface area contributed by atoms with Crippen LogP contribution in [0.5, 0.6) is 5.75 Å². The number of hydrogen-bond acceptors (Lipinski definition) is 3. The third-order valence-corrected chi connectivity index (χ3v) is 5.25. The van der Waals surface area contributed by atoms with Crippen LogP contribution in [0.1, 0.15) is 30.4 Å². The van der Waals surface area contributed by atoms with Gasteiger partial charge in [0.15, 0.2) is 6.61 Å². The highest BCUT2D eigenvalue weighted by Gasteiger charge is 2.45. The fourth-order valence-electron chi connectivity index (χ4n) is 3.69. The van der Waals surface area contributed by atoms with Crippen molar-refractivity contribution >= 4 is 11.9 Å². The molecule has 28 heavy (non-hydrogen) atoms. The third-order valence-electron chi connectivity index (χ3n) is 5.25. The Labute approximate surface area is 163 Å². The number of halogens is 1. The number of rotatable bonds is 8. The van der Waals surface area contributed by atoms with E-state index in [0.717, 1.165) is 30.4 Å². The standard InChI is InChI=1S/C22H24FNO4/c1-24(14-16-6-8-19(9-7-16)28-15-20(25)26)21(27)22(10-3-11-22)13-17-4-2-5-18(23)12-17/h2,4-9,12H,3,10-11,13-15H2,1H3,(H,25,26). The van der Waals surface area contributed by atoms with Crippen molar-refractivity contribution in [2.45, 2.75) is 32.2 Å². The highest BCUT2D eigenvalue weighted by atomic mass is 19.1. The van der Waals surface area contributed by atoms with E-state index in [9.17, 15) is 14.0 Å². The zero-order valence-corrected chi connectivity index (χ0v) is 15.9.